The number of carbonyl (C=O) groups excluding carboxylic acids is 1. The molecule has 0 atom stereocenters. The van der Waals surface area contributed by atoms with Gasteiger partial charge in [-0.25, -0.2) is 13.1 Å². The van der Waals surface area contributed by atoms with Gasteiger partial charge in [-0.3, -0.25) is 4.79 Å². The minimum Gasteiger partial charge on any atom is -0.322 e. The Balaban J connectivity index is 1.77. The summed E-state index contributed by atoms with van der Waals surface area (Å²) in [5.41, 5.74) is 0.715. The number of hydrogen-bond acceptors (Lipinski definition) is 3. The Kier molecular flexibility index (Phi) is 5.87. The molecule has 0 saturated heterocycles. The molecule has 8 heteroatoms. The van der Waals surface area contributed by atoms with Gasteiger partial charge in [-0.2, -0.15) is 0 Å². The summed E-state index contributed by atoms with van der Waals surface area (Å²) in [6.07, 6.45) is 3.74. The van der Waals surface area contributed by atoms with E-state index in [4.69, 9.17) is 23.2 Å². The third-order valence-corrected chi connectivity index (χ3v) is 6.52. The third kappa shape index (κ3) is 4.57. The fourth-order valence-corrected chi connectivity index (χ4v) is 4.56. The van der Waals surface area contributed by atoms with Crippen LogP contribution in [0.5, 0.6) is 0 Å². The number of nitrogens with one attached hydrogen (secondary N) is 2. The number of amides is 1. The summed E-state index contributed by atoms with van der Waals surface area (Å²) in [4.78, 5) is 12.5. The summed E-state index contributed by atoms with van der Waals surface area (Å²) < 4.78 is 27.8. The van der Waals surface area contributed by atoms with Crippen molar-refractivity contribution < 1.29 is 13.2 Å². The van der Waals surface area contributed by atoms with Gasteiger partial charge in [-0.1, -0.05) is 42.1 Å². The molecule has 0 unspecified atom stereocenters. The van der Waals surface area contributed by atoms with Crippen LogP contribution in [0.1, 0.15) is 36.0 Å². The number of carbonyl (C=O) groups is 1. The van der Waals surface area contributed by atoms with Crippen molar-refractivity contribution in [3.05, 3.63) is 58.1 Å². The Labute approximate surface area is 162 Å². The van der Waals surface area contributed by atoms with E-state index in [0.29, 0.717) is 15.7 Å². The van der Waals surface area contributed by atoms with E-state index in [-0.39, 0.29) is 16.5 Å². The molecular weight excluding hydrogens is 395 g/mol. The summed E-state index contributed by atoms with van der Waals surface area (Å²) >= 11 is 11.8. The number of anilines is 1. The number of hydrogen-bond donors (Lipinski definition) is 2. The average molecular weight is 413 g/mol. The first-order chi connectivity index (χ1) is 12.3. The zero-order valence-electron chi connectivity index (χ0n) is 13.8. The second kappa shape index (κ2) is 7.96. The molecular formula is C18H18Cl2N2O3S. The minimum atomic E-state index is -3.65. The second-order valence-corrected chi connectivity index (χ2v) is 8.74. The van der Waals surface area contributed by atoms with E-state index >= 15 is 0 Å². The normalized spacial score (nSPS) is 15.2. The standard InChI is InChI=1S/C18H18Cl2N2O3S/c19-16-9-8-14(11-17(16)20)21-18(23)12-4-3-7-15(10-12)26(24,25)22-13-5-1-2-6-13/h3-4,7-11,13,22H,1-2,5-6H2,(H,21,23). The molecule has 138 valence electrons. The Morgan fingerprint density at radius 3 is 2.42 bits per heavy atom. The van der Waals surface area contributed by atoms with E-state index in [1.54, 1.807) is 24.3 Å². The molecule has 2 aromatic carbocycles. The van der Waals surface area contributed by atoms with Crippen molar-refractivity contribution in [3.63, 3.8) is 0 Å². The number of sulfonamides is 1. The van der Waals surface area contributed by atoms with Gasteiger partial charge in [0.1, 0.15) is 0 Å². The first kappa shape index (κ1) is 19.2. The van der Waals surface area contributed by atoms with Gasteiger partial charge in [0.25, 0.3) is 5.91 Å². The van der Waals surface area contributed by atoms with Crippen LogP contribution in [-0.2, 0) is 10.0 Å². The molecule has 26 heavy (non-hydrogen) atoms. The van der Waals surface area contributed by atoms with Gasteiger partial charge in [0, 0.05) is 17.3 Å². The largest absolute Gasteiger partial charge is 0.322 e. The van der Waals surface area contributed by atoms with Crippen molar-refractivity contribution in [2.75, 3.05) is 5.32 Å². The average Bonchev–Trinajstić information content (AvgIpc) is 3.10. The molecule has 0 aromatic heterocycles. The topological polar surface area (TPSA) is 75.3 Å². The van der Waals surface area contributed by atoms with Crippen molar-refractivity contribution in [1.29, 1.82) is 0 Å². The monoisotopic (exact) mass is 412 g/mol. The lowest BCUT2D eigenvalue weighted by Crippen LogP contribution is -2.32. The Morgan fingerprint density at radius 1 is 1.00 bits per heavy atom. The van der Waals surface area contributed by atoms with Crippen LogP contribution in [-0.4, -0.2) is 20.4 Å². The molecule has 0 radical (unpaired) electrons. The fourth-order valence-electron chi connectivity index (χ4n) is 2.91. The summed E-state index contributed by atoms with van der Waals surface area (Å²) in [5, 5.41) is 3.39. The highest BCUT2D eigenvalue weighted by molar-refractivity contribution is 7.89. The predicted octanol–water partition coefficient (Wildman–Crippen LogP) is 4.47. The van der Waals surface area contributed by atoms with Gasteiger partial charge >= 0.3 is 0 Å². The number of benzene rings is 2. The molecule has 2 aromatic rings. The van der Waals surface area contributed by atoms with Crippen LogP contribution in [0, 0.1) is 0 Å². The van der Waals surface area contributed by atoms with E-state index < -0.39 is 15.9 Å². The van der Waals surface area contributed by atoms with E-state index in [1.165, 1.54) is 18.2 Å². The highest BCUT2D eigenvalue weighted by atomic mass is 35.5. The first-order valence-corrected chi connectivity index (χ1v) is 10.5. The maximum atomic E-state index is 12.5. The maximum absolute atomic E-state index is 12.5. The molecule has 3 rings (SSSR count). The van der Waals surface area contributed by atoms with Crippen molar-refractivity contribution in [2.45, 2.75) is 36.6 Å². The molecule has 1 saturated carbocycles. The van der Waals surface area contributed by atoms with Crippen LogP contribution in [0.3, 0.4) is 0 Å². The smallest absolute Gasteiger partial charge is 0.255 e. The van der Waals surface area contributed by atoms with E-state index in [0.717, 1.165) is 25.7 Å². The van der Waals surface area contributed by atoms with Crippen molar-refractivity contribution >= 4 is 44.8 Å². The molecule has 1 aliphatic carbocycles. The molecule has 1 amide bonds. The van der Waals surface area contributed by atoms with Gasteiger partial charge in [-0.05, 0) is 49.2 Å². The lowest BCUT2D eigenvalue weighted by Gasteiger charge is -2.13. The van der Waals surface area contributed by atoms with Gasteiger partial charge in [0.2, 0.25) is 10.0 Å². The third-order valence-electron chi connectivity index (χ3n) is 4.26. The molecule has 2 N–H and O–H groups in total. The van der Waals surface area contributed by atoms with Crippen molar-refractivity contribution in [3.8, 4) is 0 Å². The molecule has 0 heterocycles. The van der Waals surface area contributed by atoms with Crippen LogP contribution in [0.2, 0.25) is 10.0 Å². The summed E-state index contributed by atoms with van der Waals surface area (Å²) in [7, 11) is -3.65. The minimum absolute atomic E-state index is 0.0336. The maximum Gasteiger partial charge on any atom is 0.255 e. The Morgan fingerprint density at radius 2 is 1.73 bits per heavy atom. The van der Waals surface area contributed by atoms with E-state index in [2.05, 4.69) is 10.0 Å². The lowest BCUT2D eigenvalue weighted by molar-refractivity contribution is 0.102. The van der Waals surface area contributed by atoms with Gasteiger partial charge in [0.05, 0.1) is 14.9 Å². The van der Waals surface area contributed by atoms with Crippen molar-refractivity contribution in [1.82, 2.24) is 4.72 Å². The predicted molar refractivity (Wildman–Crippen MR) is 103 cm³/mol. The summed E-state index contributed by atoms with van der Waals surface area (Å²) in [5.74, 6) is -0.429. The zero-order chi connectivity index (χ0) is 18.7. The molecule has 1 aliphatic rings. The van der Waals surface area contributed by atoms with Crippen LogP contribution in [0.4, 0.5) is 5.69 Å². The van der Waals surface area contributed by atoms with Crippen LogP contribution in [0.15, 0.2) is 47.4 Å². The van der Waals surface area contributed by atoms with E-state index in [9.17, 15) is 13.2 Å². The SMILES string of the molecule is O=C(Nc1ccc(Cl)c(Cl)c1)c1cccc(S(=O)(=O)NC2CCCC2)c1. The quantitative estimate of drug-likeness (QED) is 0.760. The lowest BCUT2D eigenvalue weighted by atomic mass is 10.2. The molecule has 0 bridgehead atoms. The number of halogens is 2. The molecule has 5 nitrogen and oxygen atoms in total. The summed E-state index contributed by atoms with van der Waals surface area (Å²) in [6, 6.07) is 10.6. The fraction of sp³-hybridized carbons (Fsp3) is 0.278. The highest BCUT2D eigenvalue weighted by Gasteiger charge is 2.23. The Bertz CT molecular complexity index is 926. The van der Waals surface area contributed by atoms with Crippen LogP contribution < -0.4 is 10.0 Å². The molecule has 0 aliphatic heterocycles. The van der Waals surface area contributed by atoms with Gasteiger partial charge in [0.15, 0.2) is 0 Å². The second-order valence-electron chi connectivity index (χ2n) is 6.21. The van der Waals surface area contributed by atoms with E-state index in [1.807, 2.05) is 0 Å². The van der Waals surface area contributed by atoms with Gasteiger partial charge < -0.3 is 5.32 Å². The zero-order valence-corrected chi connectivity index (χ0v) is 16.2. The number of rotatable bonds is 5. The molecule has 0 spiro atoms. The van der Waals surface area contributed by atoms with Crippen LogP contribution in [0.25, 0.3) is 0 Å². The highest BCUT2D eigenvalue weighted by Crippen LogP contribution is 2.25. The van der Waals surface area contributed by atoms with Crippen LogP contribution >= 0.6 is 23.2 Å². The summed E-state index contributed by atoms with van der Waals surface area (Å²) in [6.45, 7) is 0. The first-order valence-electron chi connectivity index (χ1n) is 8.24. The van der Waals surface area contributed by atoms with Crippen molar-refractivity contribution in [2.24, 2.45) is 0 Å². The molecule has 1 fully saturated rings. The Hall–Kier alpha value is -1.60. The van der Waals surface area contributed by atoms with Gasteiger partial charge in [-0.15, -0.1) is 0 Å².